The Labute approximate surface area is 114 Å². The highest BCUT2D eigenvalue weighted by Gasteiger charge is 2.22. The van der Waals surface area contributed by atoms with Gasteiger partial charge in [0.25, 0.3) is 11.6 Å². The van der Waals surface area contributed by atoms with Gasteiger partial charge < -0.3 is 5.32 Å². The average Bonchev–Trinajstić information content (AvgIpc) is 2.92. The lowest BCUT2D eigenvalue weighted by molar-refractivity contribution is -0.385. The fourth-order valence-electron chi connectivity index (χ4n) is 1.76. The molecular weight excluding hydrogens is 262 g/mol. The fraction of sp³-hybridized carbons (Fsp3) is 0.250. The summed E-state index contributed by atoms with van der Waals surface area (Å²) in [7, 11) is 0. The van der Waals surface area contributed by atoms with Gasteiger partial charge in [-0.2, -0.15) is 5.10 Å². The molecule has 20 heavy (non-hydrogen) atoms. The van der Waals surface area contributed by atoms with Crippen molar-refractivity contribution in [2.24, 2.45) is 0 Å². The van der Waals surface area contributed by atoms with Crippen LogP contribution in [0.25, 0.3) is 0 Å². The van der Waals surface area contributed by atoms with Crippen molar-refractivity contribution in [1.29, 1.82) is 0 Å². The van der Waals surface area contributed by atoms with Crippen LogP contribution in [-0.4, -0.2) is 26.0 Å². The number of nitro benzene ring substituents is 1. The zero-order valence-corrected chi connectivity index (χ0v) is 11.0. The lowest BCUT2D eigenvalue weighted by Crippen LogP contribution is -2.28. The Morgan fingerprint density at radius 3 is 2.85 bits per heavy atom. The van der Waals surface area contributed by atoms with E-state index in [0.29, 0.717) is 5.82 Å². The molecule has 0 radical (unpaired) electrons. The maximum Gasteiger partial charge on any atom is 0.282 e. The van der Waals surface area contributed by atoms with E-state index >= 15 is 0 Å². The molecule has 1 aromatic heterocycles. The van der Waals surface area contributed by atoms with Crippen molar-refractivity contribution in [2.45, 2.75) is 19.9 Å². The van der Waals surface area contributed by atoms with E-state index in [1.54, 1.807) is 19.9 Å². The number of hydrogen-bond acceptors (Lipinski definition) is 5. The SMILES string of the molecule is Cc1ccc([N+](=O)[O-])c(C(=O)NC(C)c2ncn[nH]2)c1. The van der Waals surface area contributed by atoms with Crippen molar-refractivity contribution in [3.63, 3.8) is 0 Å². The molecule has 0 aliphatic rings. The summed E-state index contributed by atoms with van der Waals surface area (Å²) in [4.78, 5) is 26.4. The summed E-state index contributed by atoms with van der Waals surface area (Å²) in [6.07, 6.45) is 1.33. The minimum Gasteiger partial charge on any atom is -0.342 e. The summed E-state index contributed by atoms with van der Waals surface area (Å²) in [5.74, 6) is -0.0436. The number of H-pyrrole nitrogens is 1. The predicted octanol–water partition coefficient (Wildman–Crippen LogP) is 1.51. The van der Waals surface area contributed by atoms with Gasteiger partial charge in [-0.3, -0.25) is 20.0 Å². The number of nitrogens with one attached hydrogen (secondary N) is 2. The highest BCUT2D eigenvalue weighted by molar-refractivity contribution is 5.98. The van der Waals surface area contributed by atoms with Gasteiger partial charge in [0.1, 0.15) is 17.7 Å². The van der Waals surface area contributed by atoms with Crippen molar-refractivity contribution < 1.29 is 9.72 Å². The van der Waals surface area contributed by atoms with Gasteiger partial charge in [0, 0.05) is 6.07 Å². The van der Waals surface area contributed by atoms with Gasteiger partial charge in [0.05, 0.1) is 11.0 Å². The standard InChI is InChI=1S/C12H13N5O3/c1-7-3-4-10(17(19)20)9(5-7)12(18)15-8(2)11-13-6-14-16-11/h3-6,8H,1-2H3,(H,15,18)(H,13,14,16). The van der Waals surface area contributed by atoms with Crippen LogP contribution in [0.3, 0.4) is 0 Å². The second-order valence-electron chi connectivity index (χ2n) is 4.34. The molecule has 1 atom stereocenters. The first-order valence-electron chi connectivity index (χ1n) is 5.90. The van der Waals surface area contributed by atoms with Crippen LogP contribution < -0.4 is 5.32 Å². The first-order chi connectivity index (χ1) is 9.49. The quantitative estimate of drug-likeness (QED) is 0.648. The summed E-state index contributed by atoms with van der Waals surface area (Å²) < 4.78 is 0. The number of aromatic amines is 1. The fourth-order valence-corrected chi connectivity index (χ4v) is 1.76. The molecule has 2 aromatic rings. The Balaban J connectivity index is 2.25. The van der Waals surface area contributed by atoms with E-state index in [-0.39, 0.29) is 11.3 Å². The van der Waals surface area contributed by atoms with Gasteiger partial charge in [-0.15, -0.1) is 0 Å². The summed E-state index contributed by atoms with van der Waals surface area (Å²) >= 11 is 0. The van der Waals surface area contributed by atoms with E-state index in [9.17, 15) is 14.9 Å². The Morgan fingerprint density at radius 1 is 1.50 bits per heavy atom. The average molecular weight is 275 g/mol. The van der Waals surface area contributed by atoms with E-state index in [2.05, 4.69) is 20.5 Å². The molecule has 0 saturated carbocycles. The summed E-state index contributed by atoms with van der Waals surface area (Å²) in [5.41, 5.74) is 0.576. The zero-order chi connectivity index (χ0) is 14.7. The number of rotatable bonds is 4. The molecule has 2 N–H and O–H groups in total. The second-order valence-corrected chi connectivity index (χ2v) is 4.34. The van der Waals surface area contributed by atoms with Crippen molar-refractivity contribution in [2.75, 3.05) is 0 Å². The number of amides is 1. The number of carbonyl (C=O) groups excluding carboxylic acids is 1. The van der Waals surface area contributed by atoms with Crippen molar-refractivity contribution >= 4 is 11.6 Å². The summed E-state index contributed by atoms with van der Waals surface area (Å²) in [6, 6.07) is 3.98. The maximum atomic E-state index is 12.2. The van der Waals surface area contributed by atoms with Crippen molar-refractivity contribution in [3.8, 4) is 0 Å². The molecule has 0 bridgehead atoms. The lowest BCUT2D eigenvalue weighted by Gasteiger charge is -2.11. The number of carbonyl (C=O) groups is 1. The molecule has 0 fully saturated rings. The topological polar surface area (TPSA) is 114 Å². The normalized spacial score (nSPS) is 11.9. The number of aromatic nitrogens is 3. The molecule has 0 aliphatic carbocycles. The molecule has 0 spiro atoms. The van der Waals surface area contributed by atoms with E-state index in [4.69, 9.17) is 0 Å². The van der Waals surface area contributed by atoms with Crippen molar-refractivity contribution in [3.05, 3.63) is 51.6 Å². The van der Waals surface area contributed by atoms with Crippen LogP contribution in [0, 0.1) is 17.0 Å². The molecule has 8 heteroatoms. The predicted molar refractivity (Wildman–Crippen MR) is 70.1 cm³/mol. The molecule has 104 valence electrons. The molecule has 0 saturated heterocycles. The van der Waals surface area contributed by atoms with Gasteiger partial charge in [-0.1, -0.05) is 6.07 Å². The minimum atomic E-state index is -0.576. The van der Waals surface area contributed by atoms with Gasteiger partial charge in [-0.05, 0) is 25.5 Å². The first kappa shape index (κ1) is 13.7. The smallest absolute Gasteiger partial charge is 0.282 e. The van der Waals surface area contributed by atoms with E-state index < -0.39 is 16.9 Å². The number of nitro groups is 1. The number of nitrogens with zero attached hydrogens (tertiary/aromatic N) is 3. The third kappa shape index (κ3) is 2.79. The molecule has 1 amide bonds. The van der Waals surface area contributed by atoms with Gasteiger partial charge >= 0.3 is 0 Å². The number of aryl methyl sites for hydroxylation is 1. The molecule has 1 aromatic carbocycles. The highest BCUT2D eigenvalue weighted by Crippen LogP contribution is 2.20. The van der Waals surface area contributed by atoms with E-state index in [1.807, 2.05) is 0 Å². The van der Waals surface area contributed by atoms with Crippen LogP contribution in [0.2, 0.25) is 0 Å². The van der Waals surface area contributed by atoms with Crippen LogP contribution in [0.15, 0.2) is 24.5 Å². The van der Waals surface area contributed by atoms with E-state index in [1.165, 1.54) is 18.5 Å². The minimum absolute atomic E-state index is 0.0290. The second kappa shape index (κ2) is 5.47. The number of hydrogen-bond donors (Lipinski definition) is 2. The highest BCUT2D eigenvalue weighted by atomic mass is 16.6. The summed E-state index contributed by atoms with van der Waals surface area (Å²) in [6.45, 7) is 3.47. The maximum absolute atomic E-state index is 12.2. The number of benzene rings is 1. The molecule has 2 rings (SSSR count). The van der Waals surface area contributed by atoms with Crippen LogP contribution in [-0.2, 0) is 0 Å². The van der Waals surface area contributed by atoms with Crippen LogP contribution in [0.1, 0.15) is 34.7 Å². The molecule has 8 nitrogen and oxygen atoms in total. The third-order valence-corrected chi connectivity index (χ3v) is 2.78. The Bertz CT molecular complexity index is 639. The summed E-state index contributed by atoms with van der Waals surface area (Å²) in [5, 5.41) is 19.9. The molecule has 0 aliphatic heterocycles. The van der Waals surface area contributed by atoms with Gasteiger partial charge in [-0.25, -0.2) is 4.98 Å². The van der Waals surface area contributed by atoms with Crippen LogP contribution in [0.5, 0.6) is 0 Å². The van der Waals surface area contributed by atoms with Gasteiger partial charge in [0.15, 0.2) is 0 Å². The molecule has 1 heterocycles. The molecule has 1 unspecified atom stereocenters. The first-order valence-corrected chi connectivity index (χ1v) is 5.90. The third-order valence-electron chi connectivity index (χ3n) is 2.78. The van der Waals surface area contributed by atoms with Gasteiger partial charge in [0.2, 0.25) is 0 Å². The van der Waals surface area contributed by atoms with Crippen LogP contribution in [0.4, 0.5) is 5.69 Å². The van der Waals surface area contributed by atoms with E-state index in [0.717, 1.165) is 5.56 Å². The van der Waals surface area contributed by atoms with Crippen LogP contribution >= 0.6 is 0 Å². The Hall–Kier alpha value is -2.77. The Morgan fingerprint density at radius 2 is 2.25 bits per heavy atom. The Kier molecular flexibility index (Phi) is 3.74. The molecular formula is C12H13N5O3. The van der Waals surface area contributed by atoms with Crippen molar-refractivity contribution in [1.82, 2.24) is 20.5 Å². The zero-order valence-electron chi connectivity index (χ0n) is 11.0. The lowest BCUT2D eigenvalue weighted by atomic mass is 10.1. The monoisotopic (exact) mass is 275 g/mol. The largest absolute Gasteiger partial charge is 0.342 e.